The molecular weight excluding hydrogens is 638 g/mol. The Morgan fingerprint density at radius 3 is 2.42 bits per heavy atom. The van der Waals surface area contributed by atoms with Crippen molar-refractivity contribution in [3.05, 3.63) is 125 Å². The number of nitrogens with one attached hydrogen (secondary N) is 2. The van der Waals surface area contributed by atoms with Crippen molar-refractivity contribution in [3.63, 3.8) is 0 Å². The summed E-state index contributed by atoms with van der Waals surface area (Å²) in [5.74, 6) is 0.167. The van der Waals surface area contributed by atoms with Crippen molar-refractivity contribution in [2.24, 2.45) is 0 Å². The predicted molar refractivity (Wildman–Crippen MR) is 171 cm³/mol. The summed E-state index contributed by atoms with van der Waals surface area (Å²) in [5.41, 5.74) is 4.82. The third-order valence-electron chi connectivity index (χ3n) is 7.16. The van der Waals surface area contributed by atoms with Gasteiger partial charge >= 0.3 is 0 Å². The van der Waals surface area contributed by atoms with Crippen molar-refractivity contribution < 1.29 is 17.6 Å². The zero-order valence-corrected chi connectivity index (χ0v) is 25.8. The molecule has 7 rings (SSSR count). The average molecular weight is 664 g/mol. The minimum absolute atomic E-state index is 0.00570. The lowest BCUT2D eigenvalue weighted by atomic mass is 10.1. The number of nitrogens with zero attached hydrogens (tertiary/aromatic N) is 4. The molecule has 0 unspecified atom stereocenters. The summed E-state index contributed by atoms with van der Waals surface area (Å²) in [6.45, 7) is 0.649. The first kappa shape index (κ1) is 30.4. The summed E-state index contributed by atoms with van der Waals surface area (Å²) in [7, 11) is -3.92. The molecule has 4 aromatic carbocycles. The second-order valence-corrected chi connectivity index (χ2v) is 12.8. The standard InChI is InChI=1S/C25H21ClN6O2S.C7H4ClFO/c26-20-8-4-5-9-22(20)35(33,34)30-25-19-14-18(12-13-21(19)27-29-25)23-24(17-10-11-17)32(31-28-23)15-16-6-2-1-3-7-16;8-7(10)5-2-1-3-6(9)4-5/h1-9,12-14,17H,10-11,15H2,(H2,27,29,30);1-4H. The van der Waals surface area contributed by atoms with Crippen LogP contribution in [0, 0.1) is 5.82 Å². The summed E-state index contributed by atoms with van der Waals surface area (Å²) >= 11 is 11.2. The maximum atomic E-state index is 13.0. The molecule has 0 amide bonds. The van der Waals surface area contributed by atoms with E-state index < -0.39 is 21.1 Å². The van der Waals surface area contributed by atoms with Crippen LogP contribution in [0.5, 0.6) is 0 Å². The van der Waals surface area contributed by atoms with Gasteiger partial charge in [-0.05, 0) is 72.5 Å². The van der Waals surface area contributed by atoms with E-state index in [0.717, 1.165) is 41.4 Å². The molecule has 2 N–H and O–H groups in total. The Labute approximate surface area is 268 Å². The number of benzene rings is 4. The van der Waals surface area contributed by atoms with Gasteiger partial charge in [0.2, 0.25) is 0 Å². The Hall–Kier alpha value is -4.58. The Bertz CT molecular complexity index is 2110. The summed E-state index contributed by atoms with van der Waals surface area (Å²) in [6, 6.07) is 27.4. The second-order valence-electron chi connectivity index (χ2n) is 10.4. The van der Waals surface area contributed by atoms with Crippen molar-refractivity contribution in [1.82, 2.24) is 25.2 Å². The molecule has 1 saturated carbocycles. The van der Waals surface area contributed by atoms with Crippen molar-refractivity contribution in [1.29, 1.82) is 0 Å². The zero-order chi connectivity index (χ0) is 31.6. The van der Waals surface area contributed by atoms with Gasteiger partial charge in [0, 0.05) is 22.4 Å². The van der Waals surface area contributed by atoms with Crippen LogP contribution >= 0.6 is 23.2 Å². The number of hydrogen-bond donors (Lipinski definition) is 2. The van der Waals surface area contributed by atoms with Gasteiger partial charge in [-0.15, -0.1) is 5.10 Å². The molecule has 1 aliphatic carbocycles. The van der Waals surface area contributed by atoms with Gasteiger partial charge in [0.15, 0.2) is 5.82 Å². The molecule has 0 saturated heterocycles. The van der Waals surface area contributed by atoms with Gasteiger partial charge in [0.1, 0.15) is 16.4 Å². The van der Waals surface area contributed by atoms with E-state index in [-0.39, 0.29) is 21.3 Å². The van der Waals surface area contributed by atoms with E-state index in [1.165, 1.54) is 30.3 Å². The Morgan fingerprint density at radius 2 is 1.73 bits per heavy atom. The van der Waals surface area contributed by atoms with Gasteiger partial charge < -0.3 is 0 Å². The summed E-state index contributed by atoms with van der Waals surface area (Å²) in [4.78, 5) is 10.4. The first-order valence-corrected chi connectivity index (χ1v) is 16.1. The summed E-state index contributed by atoms with van der Waals surface area (Å²) in [6.07, 6.45) is 2.21. The largest absolute Gasteiger partial charge is 0.276 e. The maximum Gasteiger partial charge on any atom is 0.264 e. The van der Waals surface area contributed by atoms with Gasteiger partial charge in [0.25, 0.3) is 15.3 Å². The van der Waals surface area contributed by atoms with Gasteiger partial charge in [-0.1, -0.05) is 71.4 Å². The lowest BCUT2D eigenvalue weighted by Crippen LogP contribution is -2.13. The first-order chi connectivity index (χ1) is 21.7. The number of carbonyl (C=O) groups is 1. The lowest BCUT2D eigenvalue weighted by Gasteiger charge is -2.09. The van der Waals surface area contributed by atoms with E-state index in [9.17, 15) is 17.6 Å². The van der Waals surface area contributed by atoms with Gasteiger partial charge in [-0.2, -0.15) is 5.10 Å². The van der Waals surface area contributed by atoms with E-state index in [1.54, 1.807) is 12.1 Å². The predicted octanol–water partition coefficient (Wildman–Crippen LogP) is 7.41. The molecule has 1 fully saturated rings. The molecule has 0 radical (unpaired) electrons. The van der Waals surface area contributed by atoms with Gasteiger partial charge in [-0.25, -0.2) is 17.5 Å². The molecule has 0 atom stereocenters. The molecule has 9 nitrogen and oxygen atoms in total. The van der Waals surface area contributed by atoms with Crippen LogP contribution in [0.1, 0.15) is 40.4 Å². The number of H-pyrrole nitrogens is 1. The van der Waals surface area contributed by atoms with Crippen LogP contribution < -0.4 is 4.72 Å². The number of sulfonamides is 1. The van der Waals surface area contributed by atoms with E-state index in [4.69, 9.17) is 23.2 Å². The van der Waals surface area contributed by atoms with Crippen molar-refractivity contribution in [3.8, 4) is 11.3 Å². The van der Waals surface area contributed by atoms with Crippen LogP contribution in [0.4, 0.5) is 10.2 Å². The van der Waals surface area contributed by atoms with Crippen molar-refractivity contribution in [2.75, 3.05) is 4.72 Å². The molecule has 2 heterocycles. The summed E-state index contributed by atoms with van der Waals surface area (Å²) < 4.78 is 42.8. The van der Waals surface area contributed by atoms with Crippen LogP contribution in [0.3, 0.4) is 0 Å². The smallest absolute Gasteiger partial charge is 0.264 e. The molecule has 45 heavy (non-hydrogen) atoms. The summed E-state index contributed by atoms with van der Waals surface area (Å²) in [5, 5.41) is 16.2. The molecule has 228 valence electrons. The Kier molecular flexibility index (Phi) is 8.66. The highest BCUT2D eigenvalue weighted by Gasteiger charge is 2.32. The SMILES string of the molecule is O=C(Cl)c1cccc(F)c1.O=S(=O)(Nc1n[nH]c2ccc(-c3nnn(Cc4ccccc4)c3C3CC3)cc12)c1ccccc1Cl. The highest BCUT2D eigenvalue weighted by Crippen LogP contribution is 2.44. The highest BCUT2D eigenvalue weighted by atomic mass is 35.5. The number of aromatic nitrogens is 5. The number of anilines is 1. The molecular formula is C32H25Cl2FN6O3S. The lowest BCUT2D eigenvalue weighted by molar-refractivity contribution is 0.108. The van der Waals surface area contributed by atoms with Crippen molar-refractivity contribution in [2.45, 2.75) is 30.2 Å². The van der Waals surface area contributed by atoms with E-state index in [2.05, 4.69) is 37.4 Å². The van der Waals surface area contributed by atoms with Crippen molar-refractivity contribution >= 4 is 55.2 Å². The Balaban J connectivity index is 0.000000306. The number of rotatable bonds is 8. The number of hydrogen-bond acceptors (Lipinski definition) is 6. The fraction of sp³-hybridized carbons (Fsp3) is 0.125. The third kappa shape index (κ3) is 6.90. The average Bonchev–Trinajstić information content (AvgIpc) is 3.67. The topological polar surface area (TPSA) is 123 Å². The number of halogens is 3. The fourth-order valence-electron chi connectivity index (χ4n) is 4.85. The minimum Gasteiger partial charge on any atom is -0.276 e. The molecule has 13 heteroatoms. The van der Waals surface area contributed by atoms with Gasteiger partial charge in [0.05, 0.1) is 22.8 Å². The van der Waals surface area contributed by atoms with Crippen LogP contribution in [-0.4, -0.2) is 38.9 Å². The highest BCUT2D eigenvalue weighted by molar-refractivity contribution is 7.92. The number of carbonyl (C=O) groups excluding carboxylic acids is 1. The van der Waals surface area contributed by atoms with E-state index >= 15 is 0 Å². The molecule has 6 aromatic rings. The second kappa shape index (κ2) is 12.8. The molecule has 2 aromatic heterocycles. The molecule has 0 spiro atoms. The van der Waals surface area contributed by atoms with Crippen LogP contribution in [0.15, 0.2) is 102 Å². The Morgan fingerprint density at radius 1 is 0.978 bits per heavy atom. The van der Waals surface area contributed by atoms with Crippen LogP contribution in [-0.2, 0) is 16.6 Å². The van der Waals surface area contributed by atoms with Gasteiger partial charge in [-0.3, -0.25) is 14.6 Å². The third-order valence-corrected chi connectivity index (χ3v) is 9.21. The first-order valence-electron chi connectivity index (χ1n) is 13.9. The monoisotopic (exact) mass is 662 g/mol. The van der Waals surface area contributed by atoms with Crippen LogP contribution in [0.2, 0.25) is 5.02 Å². The normalized spacial score (nSPS) is 12.9. The quantitative estimate of drug-likeness (QED) is 0.164. The van der Waals surface area contributed by atoms with E-state index in [1.807, 2.05) is 41.1 Å². The van der Waals surface area contributed by atoms with Crippen LogP contribution in [0.25, 0.3) is 22.2 Å². The molecule has 1 aliphatic rings. The molecule has 0 aliphatic heterocycles. The fourth-order valence-corrected chi connectivity index (χ4v) is 6.52. The minimum atomic E-state index is -3.92. The zero-order valence-electron chi connectivity index (χ0n) is 23.5. The number of fused-ring (bicyclic) bond motifs is 1. The van der Waals surface area contributed by atoms with E-state index in [0.29, 0.717) is 23.4 Å². The molecule has 0 bridgehead atoms. The maximum absolute atomic E-state index is 13.0. The number of aromatic amines is 1.